The molecule has 0 spiro atoms. The van der Waals surface area contributed by atoms with Crippen molar-refractivity contribution in [1.29, 1.82) is 10.5 Å². The van der Waals surface area contributed by atoms with E-state index in [1.807, 2.05) is 12.1 Å². The van der Waals surface area contributed by atoms with Crippen LogP contribution in [0.25, 0.3) is 0 Å². The highest BCUT2D eigenvalue weighted by Gasteiger charge is 2.32. The Balaban J connectivity index is 2.08. The van der Waals surface area contributed by atoms with E-state index in [2.05, 4.69) is 10.4 Å². The highest BCUT2D eigenvalue weighted by atomic mass is 35.5. The molecule has 3 rings (SSSR count). The molecule has 10 heteroatoms. The second-order valence-electron chi connectivity index (χ2n) is 6.47. The molecule has 0 aliphatic heterocycles. The first kappa shape index (κ1) is 20.3. The van der Waals surface area contributed by atoms with E-state index in [4.69, 9.17) is 23.2 Å². The van der Waals surface area contributed by atoms with Gasteiger partial charge in [0.25, 0.3) is 0 Å². The lowest BCUT2D eigenvalue weighted by Crippen LogP contribution is -2.16. The second kappa shape index (κ2) is 7.90. The molecule has 0 radical (unpaired) electrons. The zero-order valence-electron chi connectivity index (χ0n) is 14.4. The highest BCUT2D eigenvalue weighted by molar-refractivity contribution is 6.39. The number of halogens is 5. The van der Waals surface area contributed by atoms with Gasteiger partial charge in [0.15, 0.2) is 5.69 Å². The zero-order chi connectivity index (χ0) is 20.5. The van der Waals surface area contributed by atoms with Crippen LogP contribution in [-0.2, 0) is 6.18 Å². The van der Waals surface area contributed by atoms with Crippen LogP contribution in [0.5, 0.6) is 0 Å². The van der Waals surface area contributed by atoms with Crippen molar-refractivity contribution in [2.24, 2.45) is 0 Å². The summed E-state index contributed by atoms with van der Waals surface area (Å²) in [5.41, 5.74) is -1.02. The highest BCUT2D eigenvalue weighted by Crippen LogP contribution is 2.41. The van der Waals surface area contributed by atoms with Crippen molar-refractivity contribution < 1.29 is 13.2 Å². The van der Waals surface area contributed by atoms with Gasteiger partial charge in [0, 0.05) is 0 Å². The molecule has 1 aromatic carbocycles. The number of hydrogen-bond acceptors (Lipinski definition) is 4. The molecule has 0 unspecified atom stereocenters. The fraction of sp³-hybridized carbons (Fsp3) is 0.389. The summed E-state index contributed by atoms with van der Waals surface area (Å²) in [6.45, 7) is 0. The lowest BCUT2D eigenvalue weighted by molar-refractivity contribution is -0.137. The summed E-state index contributed by atoms with van der Waals surface area (Å²) in [4.78, 5) is 0. The van der Waals surface area contributed by atoms with Crippen LogP contribution in [0.1, 0.15) is 55.0 Å². The molecule has 28 heavy (non-hydrogen) atoms. The van der Waals surface area contributed by atoms with Gasteiger partial charge in [0.05, 0.1) is 27.3 Å². The van der Waals surface area contributed by atoms with E-state index < -0.39 is 11.7 Å². The normalized spacial score (nSPS) is 15.1. The number of nitrogens with one attached hydrogen (secondary N) is 1. The maximum absolute atomic E-state index is 13.0. The Morgan fingerprint density at radius 1 is 1.07 bits per heavy atom. The van der Waals surface area contributed by atoms with Gasteiger partial charge < -0.3 is 5.32 Å². The van der Waals surface area contributed by atoms with E-state index in [-0.39, 0.29) is 38.8 Å². The number of alkyl halides is 3. The molecule has 1 heterocycles. The molecule has 1 aliphatic carbocycles. The van der Waals surface area contributed by atoms with Crippen molar-refractivity contribution in [3.05, 3.63) is 39.0 Å². The maximum atomic E-state index is 13.0. The summed E-state index contributed by atoms with van der Waals surface area (Å²) in [5, 5.41) is 25.4. The molecule has 0 atom stereocenters. The predicted molar refractivity (Wildman–Crippen MR) is 98.5 cm³/mol. The smallest absolute Gasteiger partial charge is 0.337 e. The average Bonchev–Trinajstić information content (AvgIpc) is 3.01. The van der Waals surface area contributed by atoms with Gasteiger partial charge in [-0.2, -0.15) is 28.8 Å². The second-order valence-corrected chi connectivity index (χ2v) is 7.28. The Labute approximate surface area is 169 Å². The minimum atomic E-state index is -4.60. The fourth-order valence-electron chi connectivity index (χ4n) is 3.30. The third-order valence-electron chi connectivity index (χ3n) is 4.66. The SMILES string of the molecule is N#Cc1nn(C2CCCCC2)c(Nc2c(Cl)cc(C(F)(F)F)cc2Cl)c1C#N. The molecule has 2 aromatic rings. The van der Waals surface area contributed by atoms with Crippen molar-refractivity contribution in [3.63, 3.8) is 0 Å². The van der Waals surface area contributed by atoms with Gasteiger partial charge in [-0.25, -0.2) is 4.68 Å². The number of hydrogen-bond donors (Lipinski definition) is 1. The summed E-state index contributed by atoms with van der Waals surface area (Å²) in [7, 11) is 0. The number of nitriles is 2. The van der Waals surface area contributed by atoms with E-state index in [0.717, 1.165) is 44.2 Å². The Bertz CT molecular complexity index is 956. The molecule has 1 aromatic heterocycles. The van der Waals surface area contributed by atoms with Crippen LogP contribution < -0.4 is 5.32 Å². The molecule has 0 amide bonds. The van der Waals surface area contributed by atoms with E-state index in [1.165, 1.54) is 0 Å². The first-order chi connectivity index (χ1) is 13.3. The lowest BCUT2D eigenvalue weighted by Gasteiger charge is -2.24. The molecular weight excluding hydrogens is 414 g/mol. The van der Waals surface area contributed by atoms with Crippen LogP contribution in [0, 0.1) is 22.7 Å². The quantitative estimate of drug-likeness (QED) is 0.632. The lowest BCUT2D eigenvalue weighted by atomic mass is 9.95. The van der Waals surface area contributed by atoms with Crippen LogP contribution in [0.4, 0.5) is 24.7 Å². The number of aromatic nitrogens is 2. The van der Waals surface area contributed by atoms with Gasteiger partial charge in [-0.05, 0) is 25.0 Å². The Morgan fingerprint density at radius 2 is 1.68 bits per heavy atom. The fourth-order valence-corrected chi connectivity index (χ4v) is 3.88. The minimum absolute atomic E-state index is 0.0000970. The molecule has 1 N–H and O–H groups in total. The van der Waals surface area contributed by atoms with Gasteiger partial charge in [0.2, 0.25) is 0 Å². The maximum Gasteiger partial charge on any atom is 0.416 e. The molecule has 0 saturated heterocycles. The van der Waals surface area contributed by atoms with Crippen molar-refractivity contribution in [2.75, 3.05) is 5.32 Å². The van der Waals surface area contributed by atoms with Gasteiger partial charge in [-0.3, -0.25) is 0 Å². The van der Waals surface area contributed by atoms with Crippen LogP contribution in [0.3, 0.4) is 0 Å². The number of nitrogens with zero attached hydrogens (tertiary/aromatic N) is 4. The molecule has 146 valence electrons. The minimum Gasteiger partial charge on any atom is -0.337 e. The summed E-state index contributed by atoms with van der Waals surface area (Å²) in [6, 6.07) is 5.30. The summed E-state index contributed by atoms with van der Waals surface area (Å²) >= 11 is 12.1. The van der Waals surface area contributed by atoms with E-state index in [1.54, 1.807) is 4.68 Å². The number of anilines is 2. The van der Waals surface area contributed by atoms with Crippen molar-refractivity contribution >= 4 is 34.7 Å². The predicted octanol–water partition coefficient (Wildman–Crippen LogP) is 6.20. The first-order valence-corrected chi connectivity index (χ1v) is 9.27. The molecule has 0 bridgehead atoms. The largest absolute Gasteiger partial charge is 0.416 e. The monoisotopic (exact) mass is 427 g/mol. The third kappa shape index (κ3) is 3.89. The summed E-state index contributed by atoms with van der Waals surface area (Å²) in [6.07, 6.45) is 0.0982. The van der Waals surface area contributed by atoms with E-state index in [9.17, 15) is 23.7 Å². The van der Waals surface area contributed by atoms with E-state index >= 15 is 0 Å². The topological polar surface area (TPSA) is 77.4 Å². The zero-order valence-corrected chi connectivity index (χ0v) is 16.0. The van der Waals surface area contributed by atoms with Crippen LogP contribution >= 0.6 is 23.2 Å². The van der Waals surface area contributed by atoms with Gasteiger partial charge in [-0.15, -0.1) is 0 Å². The van der Waals surface area contributed by atoms with Gasteiger partial charge in [0.1, 0.15) is 23.5 Å². The molecule has 1 saturated carbocycles. The average molecular weight is 428 g/mol. The first-order valence-electron chi connectivity index (χ1n) is 8.52. The van der Waals surface area contributed by atoms with Gasteiger partial charge in [-0.1, -0.05) is 42.5 Å². The van der Waals surface area contributed by atoms with Crippen LogP contribution in [0.15, 0.2) is 12.1 Å². The summed E-state index contributed by atoms with van der Waals surface area (Å²) in [5.74, 6) is 0.203. The number of benzene rings is 1. The summed E-state index contributed by atoms with van der Waals surface area (Å²) < 4.78 is 40.4. The third-order valence-corrected chi connectivity index (χ3v) is 5.26. The van der Waals surface area contributed by atoms with Crippen LogP contribution in [-0.4, -0.2) is 9.78 Å². The van der Waals surface area contributed by atoms with E-state index in [0.29, 0.717) is 0 Å². The Kier molecular flexibility index (Phi) is 5.74. The van der Waals surface area contributed by atoms with Crippen molar-refractivity contribution in [2.45, 2.75) is 44.3 Å². The van der Waals surface area contributed by atoms with Crippen molar-refractivity contribution in [3.8, 4) is 12.1 Å². The molecule has 5 nitrogen and oxygen atoms in total. The van der Waals surface area contributed by atoms with Crippen LogP contribution in [0.2, 0.25) is 10.0 Å². The molecule has 1 fully saturated rings. The number of rotatable bonds is 3. The van der Waals surface area contributed by atoms with Crippen molar-refractivity contribution in [1.82, 2.24) is 9.78 Å². The van der Waals surface area contributed by atoms with Gasteiger partial charge >= 0.3 is 6.18 Å². The Morgan fingerprint density at radius 3 is 2.18 bits per heavy atom. The molecule has 1 aliphatic rings. The Hall–Kier alpha value is -2.42. The standard InChI is InChI=1S/C18H14Cl2F3N5/c19-13-6-10(18(21,22)23)7-14(20)16(13)26-17-12(8-24)15(9-25)27-28(17)11-4-2-1-3-5-11/h6-7,11,26H,1-5H2. The molecular formula is C18H14Cl2F3N5.